The Morgan fingerprint density at radius 1 is 1.38 bits per heavy atom. The second kappa shape index (κ2) is 9.92. The van der Waals surface area contributed by atoms with Crippen LogP contribution in [0.1, 0.15) is 26.0 Å². The minimum atomic E-state index is -5.10. The normalized spacial score (nSPS) is 19.2. The van der Waals surface area contributed by atoms with Gasteiger partial charge in [0, 0.05) is 24.9 Å². The van der Waals surface area contributed by atoms with E-state index in [2.05, 4.69) is 9.82 Å². The predicted molar refractivity (Wildman–Crippen MR) is 97.2 cm³/mol. The molecule has 29 heavy (non-hydrogen) atoms. The Kier molecular flexibility index (Phi) is 7.85. The number of carbonyl (C=O) groups excluding carboxylic acids is 3. The highest BCUT2D eigenvalue weighted by Crippen LogP contribution is 2.30. The molecule has 1 atom stereocenters. The van der Waals surface area contributed by atoms with Crippen molar-refractivity contribution in [3.63, 3.8) is 0 Å². The number of hydrogen-bond donors (Lipinski definition) is 0. The van der Waals surface area contributed by atoms with Gasteiger partial charge in [-0.05, 0) is 25.0 Å². The molecule has 0 saturated carbocycles. The molecule has 1 saturated heterocycles. The molecule has 0 aliphatic carbocycles. The molecule has 2 heterocycles. The number of halogens is 3. The van der Waals surface area contributed by atoms with Crippen molar-refractivity contribution in [3.8, 4) is 0 Å². The van der Waals surface area contributed by atoms with E-state index in [1.807, 2.05) is 0 Å². The van der Waals surface area contributed by atoms with E-state index in [1.165, 1.54) is 17.8 Å². The number of alkyl halides is 3. The molecule has 160 valence electrons. The van der Waals surface area contributed by atoms with Crippen LogP contribution in [0.3, 0.4) is 0 Å². The van der Waals surface area contributed by atoms with Crippen LogP contribution in [0.15, 0.2) is 18.1 Å². The van der Waals surface area contributed by atoms with Gasteiger partial charge in [0.1, 0.15) is 6.54 Å². The molecule has 0 N–H and O–H groups in total. The maximum absolute atomic E-state index is 12.4. The molecule has 1 fully saturated rings. The van der Waals surface area contributed by atoms with Crippen LogP contribution in [0.5, 0.6) is 0 Å². The molecule has 1 unspecified atom stereocenters. The monoisotopic (exact) mass is 435 g/mol. The average Bonchev–Trinajstić information content (AvgIpc) is 3.03. The number of piperidine rings is 1. The summed E-state index contributed by atoms with van der Waals surface area (Å²) in [4.78, 5) is 42.7. The van der Waals surface area contributed by atoms with Crippen LogP contribution in [0, 0.1) is 0 Å². The first-order valence-corrected chi connectivity index (χ1v) is 9.55. The van der Waals surface area contributed by atoms with E-state index < -0.39 is 18.1 Å². The van der Waals surface area contributed by atoms with Gasteiger partial charge in [-0.1, -0.05) is 11.8 Å². The van der Waals surface area contributed by atoms with Crippen molar-refractivity contribution < 1.29 is 37.1 Å². The zero-order valence-corrected chi connectivity index (χ0v) is 16.6. The van der Waals surface area contributed by atoms with E-state index in [-0.39, 0.29) is 36.6 Å². The third-order valence-corrected chi connectivity index (χ3v) is 4.92. The van der Waals surface area contributed by atoms with Crippen LogP contribution in [0.4, 0.5) is 13.2 Å². The number of nitrogens with zero attached hydrogens (tertiary/aromatic N) is 3. The van der Waals surface area contributed by atoms with Crippen molar-refractivity contribution in [1.82, 2.24) is 14.6 Å². The van der Waals surface area contributed by atoms with Crippen LogP contribution in [0.25, 0.3) is 6.08 Å². The van der Waals surface area contributed by atoms with Crippen molar-refractivity contribution in [2.45, 2.75) is 38.2 Å². The molecule has 1 aliphatic heterocycles. The van der Waals surface area contributed by atoms with Gasteiger partial charge in [-0.25, -0.2) is 9.78 Å². The first kappa shape index (κ1) is 22.9. The number of thioether (sulfide) groups is 1. The highest BCUT2D eigenvalue weighted by Gasteiger charge is 2.43. The molecule has 2 rings (SSSR count). The van der Waals surface area contributed by atoms with E-state index >= 15 is 0 Å². The Morgan fingerprint density at radius 3 is 2.72 bits per heavy atom. The van der Waals surface area contributed by atoms with Crippen molar-refractivity contribution in [1.29, 1.82) is 0 Å². The lowest BCUT2D eigenvalue weighted by atomic mass is 10.0. The topological polar surface area (TPSA) is 90.7 Å². The zero-order chi connectivity index (χ0) is 21.6. The van der Waals surface area contributed by atoms with Crippen LogP contribution in [-0.2, 0) is 30.5 Å². The lowest BCUT2D eigenvalue weighted by Gasteiger charge is -2.32. The van der Waals surface area contributed by atoms with Gasteiger partial charge >= 0.3 is 18.1 Å². The van der Waals surface area contributed by atoms with Gasteiger partial charge in [0.25, 0.3) is 0 Å². The fourth-order valence-corrected chi connectivity index (χ4v) is 3.55. The van der Waals surface area contributed by atoms with Crippen molar-refractivity contribution in [2.24, 2.45) is 0 Å². The number of hydroxylamine groups is 2. The minimum Gasteiger partial charge on any atom is -0.465 e. The van der Waals surface area contributed by atoms with Crippen LogP contribution < -0.4 is 0 Å². The predicted octanol–water partition coefficient (Wildman–Crippen LogP) is 2.20. The van der Waals surface area contributed by atoms with Gasteiger partial charge < -0.3 is 14.1 Å². The molecule has 8 nitrogen and oxygen atoms in total. The van der Waals surface area contributed by atoms with E-state index in [1.54, 1.807) is 19.2 Å². The molecule has 0 spiro atoms. The third kappa shape index (κ3) is 7.20. The summed E-state index contributed by atoms with van der Waals surface area (Å²) < 4.78 is 43.7. The van der Waals surface area contributed by atoms with Gasteiger partial charge in [-0.3, -0.25) is 9.59 Å². The smallest absolute Gasteiger partial charge is 0.465 e. The lowest BCUT2D eigenvalue weighted by Crippen LogP contribution is -2.41. The number of esters is 1. The summed E-state index contributed by atoms with van der Waals surface area (Å²) in [6.07, 6.45) is -0.192. The summed E-state index contributed by atoms with van der Waals surface area (Å²) in [5, 5.41) is 0.479. The Hall–Kier alpha value is -2.34. The van der Waals surface area contributed by atoms with Crippen LogP contribution in [0.2, 0.25) is 0 Å². The van der Waals surface area contributed by atoms with E-state index in [0.29, 0.717) is 17.7 Å². The van der Waals surface area contributed by atoms with Gasteiger partial charge in [0.15, 0.2) is 5.12 Å². The van der Waals surface area contributed by atoms with E-state index in [4.69, 9.17) is 4.74 Å². The second-order valence-electron chi connectivity index (χ2n) is 6.12. The van der Waals surface area contributed by atoms with Crippen LogP contribution in [-0.4, -0.2) is 62.8 Å². The summed E-state index contributed by atoms with van der Waals surface area (Å²) in [5.41, 5.74) is 1.02. The lowest BCUT2D eigenvalue weighted by molar-refractivity contribution is -0.238. The van der Waals surface area contributed by atoms with Gasteiger partial charge in [0.2, 0.25) is 0 Å². The minimum absolute atomic E-state index is 0.0367. The largest absolute Gasteiger partial charge is 0.492 e. The fourth-order valence-electron chi connectivity index (χ4n) is 2.64. The summed E-state index contributed by atoms with van der Waals surface area (Å²) in [7, 11) is 0. The number of ether oxygens (including phenoxy) is 1. The molecule has 12 heteroatoms. The highest BCUT2D eigenvalue weighted by atomic mass is 32.2. The Bertz CT molecular complexity index is 794. The summed E-state index contributed by atoms with van der Waals surface area (Å²) >= 11 is 1.05. The number of rotatable bonds is 6. The van der Waals surface area contributed by atoms with Gasteiger partial charge in [0.05, 0.1) is 25.2 Å². The maximum Gasteiger partial charge on any atom is 0.492 e. The number of hydrogen-bond acceptors (Lipinski definition) is 8. The molecular weight excluding hydrogens is 415 g/mol. The van der Waals surface area contributed by atoms with Crippen LogP contribution >= 0.6 is 11.8 Å². The van der Waals surface area contributed by atoms with E-state index in [0.717, 1.165) is 16.8 Å². The second-order valence-corrected chi connectivity index (χ2v) is 7.50. The molecular formula is C17H20F3N3O5S. The molecule has 0 aromatic carbocycles. The molecule has 0 radical (unpaired) electrons. The average molecular weight is 435 g/mol. The van der Waals surface area contributed by atoms with E-state index in [9.17, 15) is 27.6 Å². The van der Waals surface area contributed by atoms with Gasteiger partial charge in [-0.2, -0.15) is 13.2 Å². The SMILES string of the molecule is CCOC(=O)Cn1cnc(/C=C2\CN(OC(=O)C(F)(F)F)CCC2SC(C)=O)c1. The highest BCUT2D eigenvalue weighted by molar-refractivity contribution is 8.14. The Morgan fingerprint density at radius 2 is 2.10 bits per heavy atom. The number of imidazole rings is 1. The summed E-state index contributed by atoms with van der Waals surface area (Å²) in [6, 6.07) is 0. The summed E-state index contributed by atoms with van der Waals surface area (Å²) in [6.45, 7) is 3.26. The number of aromatic nitrogens is 2. The molecule has 1 aliphatic rings. The van der Waals surface area contributed by atoms with Crippen molar-refractivity contribution in [3.05, 3.63) is 23.8 Å². The zero-order valence-electron chi connectivity index (χ0n) is 15.8. The molecule has 1 aromatic rings. The Balaban J connectivity index is 2.15. The standard InChI is InChI=1S/C17H20F3N3O5S/c1-3-27-15(25)9-22-8-13(21-10-22)6-12-7-23(28-16(26)17(18,19)20)5-4-14(12)29-11(2)24/h6,8,10,14H,3-5,7,9H2,1-2H3/b12-6+. The maximum atomic E-state index is 12.4. The van der Waals surface area contributed by atoms with Crippen molar-refractivity contribution in [2.75, 3.05) is 19.7 Å². The van der Waals surface area contributed by atoms with Gasteiger partial charge in [-0.15, -0.1) is 5.06 Å². The summed E-state index contributed by atoms with van der Waals surface area (Å²) in [5.74, 6) is -2.73. The first-order valence-electron chi connectivity index (χ1n) is 8.67. The quantitative estimate of drug-likeness (QED) is 0.629. The molecule has 1 aromatic heterocycles. The molecule has 0 amide bonds. The van der Waals surface area contributed by atoms with Crippen molar-refractivity contribution >= 4 is 34.9 Å². The fraction of sp³-hybridized carbons (Fsp3) is 0.529. The Labute approximate surface area is 169 Å². The molecule has 0 bridgehead atoms. The first-order chi connectivity index (χ1) is 13.6. The third-order valence-electron chi connectivity index (χ3n) is 3.77. The number of carbonyl (C=O) groups is 3.